The van der Waals surface area contributed by atoms with E-state index in [2.05, 4.69) is 54.3 Å². The van der Waals surface area contributed by atoms with Gasteiger partial charge in [0.2, 0.25) is 5.81 Å². The molecular formula is C21H19NP+. The van der Waals surface area contributed by atoms with Gasteiger partial charge in [0, 0.05) is 6.42 Å². The first kappa shape index (κ1) is 15.5. The van der Waals surface area contributed by atoms with Crippen molar-refractivity contribution in [2.75, 3.05) is 6.16 Å². The monoisotopic (exact) mass is 316 g/mol. The number of nitriles is 1. The fourth-order valence-corrected chi connectivity index (χ4v) is 5.98. The van der Waals surface area contributed by atoms with Crippen LogP contribution in [0.3, 0.4) is 0 Å². The molecule has 0 aromatic heterocycles. The Balaban J connectivity index is 2.01. The van der Waals surface area contributed by atoms with E-state index in [0.29, 0.717) is 0 Å². The average Bonchev–Trinajstić information content (AvgIpc) is 2.65. The minimum absolute atomic E-state index is 0.877. The van der Waals surface area contributed by atoms with E-state index >= 15 is 0 Å². The molecule has 0 radical (unpaired) electrons. The third kappa shape index (κ3) is 3.34. The molecule has 0 spiro atoms. The lowest BCUT2D eigenvalue weighted by Gasteiger charge is -2.19. The van der Waals surface area contributed by atoms with Crippen LogP contribution in [0.4, 0.5) is 0 Å². The zero-order valence-corrected chi connectivity index (χ0v) is 13.9. The molecule has 112 valence electrons. The summed E-state index contributed by atoms with van der Waals surface area (Å²) < 4.78 is 0. The molecule has 0 saturated carbocycles. The first-order valence-electron chi connectivity index (χ1n) is 7.80. The van der Waals surface area contributed by atoms with Gasteiger partial charge in [0.1, 0.15) is 10.6 Å². The molecule has 23 heavy (non-hydrogen) atoms. The van der Waals surface area contributed by atoms with Crippen LogP contribution in [0.2, 0.25) is 0 Å². The number of aryl methyl sites for hydroxylation is 1. The van der Waals surface area contributed by atoms with Gasteiger partial charge in [-0.25, -0.2) is 0 Å². The highest BCUT2D eigenvalue weighted by molar-refractivity contribution is 7.93. The van der Waals surface area contributed by atoms with Crippen LogP contribution < -0.4 is 10.6 Å². The SMILES string of the molecule is N#C[P+](CCc1ccccc1)(c1ccccc1)c1ccccc1. The van der Waals surface area contributed by atoms with E-state index < -0.39 is 7.26 Å². The Kier molecular flexibility index (Phi) is 4.86. The summed E-state index contributed by atoms with van der Waals surface area (Å²) in [6, 6.07) is 31.0. The highest BCUT2D eigenvalue weighted by atomic mass is 31.2. The maximum atomic E-state index is 10.2. The van der Waals surface area contributed by atoms with Crippen LogP contribution in [0, 0.1) is 11.1 Å². The molecule has 3 rings (SSSR count). The number of hydrogen-bond donors (Lipinski definition) is 0. The summed E-state index contributed by atoms with van der Waals surface area (Å²) in [6.07, 6.45) is 1.80. The van der Waals surface area contributed by atoms with Crippen molar-refractivity contribution in [1.29, 1.82) is 5.26 Å². The van der Waals surface area contributed by atoms with Gasteiger partial charge in [-0.2, -0.15) is 5.26 Å². The third-order valence-electron chi connectivity index (χ3n) is 4.14. The molecule has 0 amide bonds. The van der Waals surface area contributed by atoms with E-state index in [9.17, 15) is 5.26 Å². The lowest BCUT2D eigenvalue weighted by Crippen LogP contribution is -2.24. The fraction of sp³-hybridized carbons (Fsp3) is 0.0952. The van der Waals surface area contributed by atoms with Crippen molar-refractivity contribution in [1.82, 2.24) is 0 Å². The summed E-state index contributed by atoms with van der Waals surface area (Å²) >= 11 is 0. The summed E-state index contributed by atoms with van der Waals surface area (Å²) in [7, 11) is -2.04. The molecule has 2 heteroatoms. The summed E-state index contributed by atoms with van der Waals surface area (Å²) in [5.41, 5.74) is 1.29. The Labute approximate surface area is 138 Å². The lowest BCUT2D eigenvalue weighted by molar-refractivity contribution is 1.15. The molecule has 0 aliphatic rings. The zero-order chi connectivity index (χ0) is 16.0. The van der Waals surface area contributed by atoms with Crippen LogP contribution in [0.15, 0.2) is 91.0 Å². The molecule has 0 saturated heterocycles. The van der Waals surface area contributed by atoms with Crippen molar-refractivity contribution >= 4 is 17.9 Å². The Bertz CT molecular complexity index is 737. The quantitative estimate of drug-likeness (QED) is 0.641. The second kappa shape index (κ2) is 7.23. The minimum Gasteiger partial charge on any atom is -0.151 e. The summed E-state index contributed by atoms with van der Waals surface area (Å²) in [6.45, 7) is 0. The van der Waals surface area contributed by atoms with Crippen LogP contribution in [-0.4, -0.2) is 6.16 Å². The standard InChI is InChI=1S/C21H19NP/c22-18-23(20-12-6-2-7-13-20,21-14-8-3-9-15-21)17-16-19-10-4-1-5-11-19/h1-15H,16-17H2/q+1. The van der Waals surface area contributed by atoms with E-state index in [1.807, 2.05) is 42.5 Å². The van der Waals surface area contributed by atoms with Gasteiger partial charge in [0.25, 0.3) is 0 Å². The van der Waals surface area contributed by atoms with Gasteiger partial charge >= 0.3 is 0 Å². The predicted molar refractivity (Wildman–Crippen MR) is 99.7 cm³/mol. The topological polar surface area (TPSA) is 23.8 Å². The van der Waals surface area contributed by atoms with E-state index in [4.69, 9.17) is 0 Å². The first-order chi connectivity index (χ1) is 11.3. The Morgan fingerprint density at radius 2 is 1.09 bits per heavy atom. The summed E-state index contributed by atoms with van der Waals surface area (Å²) in [4.78, 5) is 0. The lowest BCUT2D eigenvalue weighted by atomic mass is 10.2. The van der Waals surface area contributed by atoms with Crippen LogP contribution in [0.25, 0.3) is 0 Å². The maximum Gasteiger partial charge on any atom is 0.249 e. The Hall–Kier alpha value is -2.42. The van der Waals surface area contributed by atoms with Crippen molar-refractivity contribution in [3.05, 3.63) is 96.6 Å². The average molecular weight is 316 g/mol. The van der Waals surface area contributed by atoms with Crippen molar-refractivity contribution in [2.24, 2.45) is 0 Å². The van der Waals surface area contributed by atoms with Gasteiger partial charge < -0.3 is 0 Å². The molecule has 0 atom stereocenters. The number of hydrogen-bond acceptors (Lipinski definition) is 1. The number of rotatable bonds is 5. The molecule has 0 N–H and O–H groups in total. The molecule has 0 aliphatic heterocycles. The van der Waals surface area contributed by atoms with Crippen LogP contribution >= 0.6 is 7.26 Å². The van der Waals surface area contributed by atoms with Crippen LogP contribution in [-0.2, 0) is 6.42 Å². The highest BCUT2D eigenvalue weighted by Gasteiger charge is 2.43. The van der Waals surface area contributed by atoms with Gasteiger partial charge in [0.05, 0.1) is 6.16 Å². The molecule has 0 bridgehead atoms. The van der Waals surface area contributed by atoms with E-state index in [1.54, 1.807) is 0 Å². The smallest absolute Gasteiger partial charge is 0.151 e. The minimum atomic E-state index is -2.04. The molecule has 0 fully saturated rings. The van der Waals surface area contributed by atoms with Crippen molar-refractivity contribution in [2.45, 2.75) is 6.42 Å². The van der Waals surface area contributed by atoms with Gasteiger partial charge in [0.15, 0.2) is 7.26 Å². The van der Waals surface area contributed by atoms with Gasteiger partial charge in [-0.3, -0.25) is 0 Å². The zero-order valence-electron chi connectivity index (χ0n) is 13.0. The van der Waals surface area contributed by atoms with Gasteiger partial charge in [-0.05, 0) is 29.8 Å². The number of benzene rings is 3. The molecule has 0 unspecified atom stereocenters. The molecule has 1 nitrogen and oxygen atoms in total. The molecular weight excluding hydrogens is 297 g/mol. The normalized spacial score (nSPS) is 10.9. The van der Waals surface area contributed by atoms with E-state index in [-0.39, 0.29) is 0 Å². The molecule has 0 heterocycles. The fourth-order valence-electron chi connectivity index (χ4n) is 2.88. The van der Waals surface area contributed by atoms with Gasteiger partial charge in [-0.1, -0.05) is 66.7 Å². The molecule has 3 aromatic rings. The predicted octanol–water partition coefficient (Wildman–Crippen LogP) is 4.38. The molecule has 3 aromatic carbocycles. The van der Waals surface area contributed by atoms with Crippen molar-refractivity contribution < 1.29 is 0 Å². The largest absolute Gasteiger partial charge is 0.249 e. The van der Waals surface area contributed by atoms with Crippen molar-refractivity contribution in [3.63, 3.8) is 0 Å². The maximum absolute atomic E-state index is 10.2. The summed E-state index contributed by atoms with van der Waals surface area (Å²) in [5.74, 6) is 2.73. The summed E-state index contributed by atoms with van der Waals surface area (Å²) in [5, 5.41) is 12.5. The highest BCUT2D eigenvalue weighted by Crippen LogP contribution is 2.55. The second-order valence-corrected chi connectivity index (χ2v) is 8.84. The van der Waals surface area contributed by atoms with Crippen LogP contribution in [0.5, 0.6) is 0 Å². The molecule has 0 aliphatic carbocycles. The van der Waals surface area contributed by atoms with Gasteiger partial charge in [-0.15, -0.1) is 0 Å². The van der Waals surface area contributed by atoms with E-state index in [1.165, 1.54) is 16.2 Å². The van der Waals surface area contributed by atoms with Crippen molar-refractivity contribution in [3.8, 4) is 5.81 Å². The Morgan fingerprint density at radius 3 is 1.52 bits per heavy atom. The number of nitrogens with zero attached hydrogens (tertiary/aromatic N) is 1. The van der Waals surface area contributed by atoms with Crippen LogP contribution in [0.1, 0.15) is 5.56 Å². The van der Waals surface area contributed by atoms with E-state index in [0.717, 1.165) is 12.6 Å². The first-order valence-corrected chi connectivity index (χ1v) is 9.77. The Morgan fingerprint density at radius 1 is 0.652 bits per heavy atom. The second-order valence-electron chi connectivity index (χ2n) is 5.54. The third-order valence-corrected chi connectivity index (χ3v) is 7.74.